The molecule has 70 valence electrons. The number of nitrogens with one attached hydrogen (secondary N) is 2. The van der Waals surface area contributed by atoms with E-state index in [9.17, 15) is 9.59 Å². The lowest BCUT2D eigenvalue weighted by Crippen LogP contribution is -2.33. The fourth-order valence-corrected chi connectivity index (χ4v) is 0.654. The third-order valence-electron chi connectivity index (χ3n) is 1.34. The van der Waals surface area contributed by atoms with Crippen molar-refractivity contribution < 1.29 is 4.79 Å². The van der Waals surface area contributed by atoms with Gasteiger partial charge in [-0.05, 0) is 13.0 Å². The maximum Gasteiger partial charge on any atom is 0.264 e. The van der Waals surface area contributed by atoms with Gasteiger partial charge in [0.25, 0.3) is 5.56 Å². The van der Waals surface area contributed by atoms with Crippen LogP contribution in [0.2, 0.25) is 0 Å². The quantitative estimate of drug-likeness (QED) is 0.549. The molecule has 1 atom stereocenters. The Morgan fingerprint density at radius 3 is 2.85 bits per heavy atom. The Kier molecular flexibility index (Phi) is 2.76. The van der Waals surface area contributed by atoms with E-state index in [4.69, 9.17) is 5.73 Å². The minimum Gasteiger partial charge on any atom is -0.320 e. The predicted molar refractivity (Wildman–Crippen MR) is 47.1 cm³/mol. The summed E-state index contributed by atoms with van der Waals surface area (Å²) in [4.78, 5) is 21.6. The predicted octanol–water partition coefficient (Wildman–Crippen LogP) is -0.944. The minimum atomic E-state index is -0.603. The average molecular weight is 182 g/mol. The molecule has 0 aliphatic heterocycles. The number of nitrogens with zero attached hydrogens (tertiary/aromatic N) is 1. The van der Waals surface area contributed by atoms with Gasteiger partial charge in [0.2, 0.25) is 5.91 Å². The van der Waals surface area contributed by atoms with Gasteiger partial charge in [-0.3, -0.25) is 9.59 Å². The Morgan fingerprint density at radius 1 is 1.69 bits per heavy atom. The van der Waals surface area contributed by atoms with Crippen molar-refractivity contribution in [1.82, 2.24) is 10.2 Å². The zero-order valence-electron chi connectivity index (χ0n) is 7.07. The molecule has 1 heterocycles. The molecule has 1 rings (SSSR count). The molecule has 0 fully saturated rings. The smallest absolute Gasteiger partial charge is 0.264 e. The maximum absolute atomic E-state index is 11.0. The molecular formula is C7H10N4O2. The van der Waals surface area contributed by atoms with Crippen LogP contribution in [0.4, 0.5) is 5.82 Å². The molecule has 0 radical (unpaired) electrons. The van der Waals surface area contributed by atoms with Gasteiger partial charge in [-0.15, -0.1) is 0 Å². The highest BCUT2D eigenvalue weighted by atomic mass is 16.2. The summed E-state index contributed by atoms with van der Waals surface area (Å²) in [5.41, 5.74) is 4.98. The summed E-state index contributed by atoms with van der Waals surface area (Å²) < 4.78 is 0. The van der Waals surface area contributed by atoms with E-state index >= 15 is 0 Å². The molecular weight excluding hydrogens is 172 g/mol. The summed E-state index contributed by atoms with van der Waals surface area (Å²) in [6, 6.07) is 2.07. The number of aromatic nitrogens is 2. The first-order valence-corrected chi connectivity index (χ1v) is 3.72. The third-order valence-corrected chi connectivity index (χ3v) is 1.34. The van der Waals surface area contributed by atoms with Crippen molar-refractivity contribution in [2.75, 3.05) is 5.32 Å². The number of nitrogens with two attached hydrogens (primary N) is 1. The van der Waals surface area contributed by atoms with Gasteiger partial charge in [-0.1, -0.05) is 0 Å². The van der Waals surface area contributed by atoms with E-state index in [2.05, 4.69) is 15.5 Å². The molecule has 1 aromatic heterocycles. The van der Waals surface area contributed by atoms with Crippen LogP contribution >= 0.6 is 0 Å². The molecule has 0 saturated heterocycles. The molecule has 0 spiro atoms. The second-order valence-corrected chi connectivity index (χ2v) is 2.58. The topological polar surface area (TPSA) is 101 Å². The summed E-state index contributed by atoms with van der Waals surface area (Å²) >= 11 is 0. The summed E-state index contributed by atoms with van der Waals surface area (Å²) in [5, 5.41) is 8.18. The first-order chi connectivity index (χ1) is 6.09. The normalized spacial score (nSPS) is 12.2. The lowest BCUT2D eigenvalue weighted by molar-refractivity contribution is -0.117. The van der Waals surface area contributed by atoms with Crippen LogP contribution in [-0.2, 0) is 4.79 Å². The number of H-pyrrole nitrogens is 1. The average Bonchev–Trinajstić information content (AvgIpc) is 2.08. The van der Waals surface area contributed by atoms with Crippen LogP contribution in [0.3, 0.4) is 0 Å². The monoisotopic (exact) mass is 182 g/mol. The highest BCUT2D eigenvalue weighted by Crippen LogP contribution is 1.95. The lowest BCUT2D eigenvalue weighted by atomic mass is 10.3. The summed E-state index contributed by atoms with van der Waals surface area (Å²) in [7, 11) is 0. The van der Waals surface area contributed by atoms with Gasteiger partial charge in [0.15, 0.2) is 5.82 Å². The number of amides is 1. The molecule has 1 amide bonds. The van der Waals surface area contributed by atoms with Crippen LogP contribution in [0.5, 0.6) is 0 Å². The number of hydrogen-bond donors (Lipinski definition) is 3. The third kappa shape index (κ3) is 2.68. The fraction of sp³-hybridized carbons (Fsp3) is 0.286. The molecule has 0 saturated carbocycles. The Labute approximate surface area is 74.1 Å². The van der Waals surface area contributed by atoms with Crippen LogP contribution in [-0.4, -0.2) is 22.1 Å². The number of hydrogen-bond acceptors (Lipinski definition) is 4. The second-order valence-electron chi connectivity index (χ2n) is 2.58. The van der Waals surface area contributed by atoms with Crippen LogP contribution in [0, 0.1) is 0 Å². The van der Waals surface area contributed by atoms with E-state index in [-0.39, 0.29) is 17.3 Å². The number of carbonyl (C=O) groups is 1. The molecule has 1 unspecified atom stereocenters. The maximum atomic E-state index is 11.0. The highest BCUT2D eigenvalue weighted by molar-refractivity contribution is 5.93. The number of rotatable bonds is 2. The Bertz CT molecular complexity index is 337. The van der Waals surface area contributed by atoms with Crippen molar-refractivity contribution in [3.05, 3.63) is 22.5 Å². The number of aromatic amines is 1. The van der Waals surface area contributed by atoms with Gasteiger partial charge in [0.1, 0.15) is 0 Å². The van der Waals surface area contributed by atoms with Gasteiger partial charge in [0.05, 0.1) is 6.04 Å². The Balaban J connectivity index is 2.70. The van der Waals surface area contributed by atoms with E-state index in [0.717, 1.165) is 0 Å². The molecule has 0 aliphatic rings. The fourth-order valence-electron chi connectivity index (χ4n) is 0.654. The number of carbonyl (C=O) groups excluding carboxylic acids is 1. The van der Waals surface area contributed by atoms with Crippen LogP contribution < -0.4 is 16.6 Å². The highest BCUT2D eigenvalue weighted by Gasteiger charge is 2.07. The second kappa shape index (κ2) is 3.81. The molecule has 0 bridgehead atoms. The molecule has 0 aromatic carbocycles. The van der Waals surface area contributed by atoms with Crippen molar-refractivity contribution in [3.8, 4) is 0 Å². The summed E-state index contributed by atoms with van der Waals surface area (Å²) in [5.74, 6) is -0.0681. The zero-order valence-corrected chi connectivity index (χ0v) is 7.07. The Hall–Kier alpha value is -1.69. The van der Waals surface area contributed by atoms with Crippen molar-refractivity contribution in [1.29, 1.82) is 0 Å². The molecule has 0 aliphatic carbocycles. The van der Waals surface area contributed by atoms with Crippen LogP contribution in [0.25, 0.3) is 0 Å². The molecule has 6 heteroatoms. The minimum absolute atomic E-state index is 0.280. The van der Waals surface area contributed by atoms with E-state index in [0.29, 0.717) is 0 Å². The van der Waals surface area contributed by atoms with E-state index in [1.165, 1.54) is 12.1 Å². The van der Waals surface area contributed by atoms with Gasteiger partial charge in [-0.25, -0.2) is 5.10 Å². The van der Waals surface area contributed by atoms with Gasteiger partial charge >= 0.3 is 0 Å². The van der Waals surface area contributed by atoms with Crippen LogP contribution in [0.15, 0.2) is 16.9 Å². The number of anilines is 1. The van der Waals surface area contributed by atoms with Crippen molar-refractivity contribution in [2.24, 2.45) is 5.73 Å². The first-order valence-electron chi connectivity index (χ1n) is 3.72. The van der Waals surface area contributed by atoms with Gasteiger partial charge in [0, 0.05) is 6.07 Å². The first kappa shape index (κ1) is 9.40. The van der Waals surface area contributed by atoms with Crippen molar-refractivity contribution >= 4 is 11.7 Å². The SMILES string of the molecule is CC(N)C(=O)Nc1ccc(=O)[nH]n1. The van der Waals surface area contributed by atoms with E-state index in [1.807, 2.05) is 0 Å². The van der Waals surface area contributed by atoms with Crippen molar-refractivity contribution in [3.63, 3.8) is 0 Å². The summed E-state index contributed by atoms with van der Waals surface area (Å²) in [6.07, 6.45) is 0. The molecule has 13 heavy (non-hydrogen) atoms. The molecule has 6 nitrogen and oxygen atoms in total. The molecule has 4 N–H and O–H groups in total. The lowest BCUT2D eigenvalue weighted by Gasteiger charge is -2.05. The van der Waals surface area contributed by atoms with Crippen molar-refractivity contribution in [2.45, 2.75) is 13.0 Å². The largest absolute Gasteiger partial charge is 0.320 e. The van der Waals surface area contributed by atoms with Gasteiger partial charge in [-0.2, -0.15) is 5.10 Å². The zero-order chi connectivity index (χ0) is 9.84. The van der Waals surface area contributed by atoms with Crippen LogP contribution in [0.1, 0.15) is 6.92 Å². The standard InChI is InChI=1S/C7H10N4O2/c1-4(8)7(13)9-5-2-3-6(12)11-10-5/h2-4H,8H2,1H3,(H,11,12)(H,9,10,13). The Morgan fingerprint density at radius 2 is 2.38 bits per heavy atom. The van der Waals surface area contributed by atoms with Gasteiger partial charge < -0.3 is 11.1 Å². The molecule has 1 aromatic rings. The summed E-state index contributed by atoms with van der Waals surface area (Å²) in [6.45, 7) is 1.56. The van der Waals surface area contributed by atoms with E-state index < -0.39 is 6.04 Å². The van der Waals surface area contributed by atoms with E-state index in [1.54, 1.807) is 6.92 Å².